The molecule has 5 heteroatoms. The van der Waals surface area contributed by atoms with Gasteiger partial charge in [-0.1, -0.05) is 18.2 Å². The summed E-state index contributed by atoms with van der Waals surface area (Å²) in [4.78, 5) is 0. The zero-order valence-corrected chi connectivity index (χ0v) is 19.9. The van der Waals surface area contributed by atoms with E-state index in [1.165, 1.54) is 0 Å². The van der Waals surface area contributed by atoms with E-state index >= 15 is 0 Å². The Labute approximate surface area is 204 Å². The standard InChI is InChI=1S/C30H26NO4/c1-32-25-15-9-21(10-16-25)28-29(22-11-17-26(33-2)18-12-22)35-30(23-7-5-4-6-8-23)31(28)24-13-19-27(34-3)20-14-24/h4-20H,1-3H3/q+1. The van der Waals surface area contributed by atoms with Crippen LogP contribution in [-0.2, 0) is 0 Å². The first-order chi connectivity index (χ1) is 17.2. The highest BCUT2D eigenvalue weighted by molar-refractivity contribution is 5.77. The van der Waals surface area contributed by atoms with E-state index in [0.29, 0.717) is 0 Å². The maximum Gasteiger partial charge on any atom is 0.387 e. The first-order valence-corrected chi connectivity index (χ1v) is 11.3. The Morgan fingerprint density at radius 3 is 1.51 bits per heavy atom. The zero-order valence-electron chi connectivity index (χ0n) is 19.9. The summed E-state index contributed by atoms with van der Waals surface area (Å²) in [5.74, 6) is 3.86. The van der Waals surface area contributed by atoms with Gasteiger partial charge in [-0.25, -0.2) is 0 Å². The van der Waals surface area contributed by atoms with Gasteiger partial charge in [0.05, 0.1) is 32.5 Å². The van der Waals surface area contributed by atoms with Gasteiger partial charge in [-0.05, 0) is 72.8 Å². The van der Waals surface area contributed by atoms with Gasteiger partial charge >= 0.3 is 5.89 Å². The molecule has 1 aromatic heterocycles. The fraction of sp³-hybridized carbons (Fsp3) is 0.100. The Morgan fingerprint density at radius 1 is 0.514 bits per heavy atom. The van der Waals surface area contributed by atoms with Gasteiger partial charge in [-0.3, -0.25) is 0 Å². The molecule has 4 aromatic carbocycles. The highest BCUT2D eigenvalue weighted by Gasteiger charge is 2.33. The zero-order chi connectivity index (χ0) is 24.2. The predicted molar refractivity (Wildman–Crippen MR) is 136 cm³/mol. The predicted octanol–water partition coefficient (Wildman–Crippen LogP) is 6.58. The van der Waals surface area contributed by atoms with Crippen molar-refractivity contribution in [2.24, 2.45) is 0 Å². The lowest BCUT2D eigenvalue weighted by atomic mass is 10.0. The molecule has 5 nitrogen and oxygen atoms in total. The summed E-state index contributed by atoms with van der Waals surface area (Å²) in [6.07, 6.45) is 0. The summed E-state index contributed by atoms with van der Waals surface area (Å²) >= 11 is 0. The van der Waals surface area contributed by atoms with Gasteiger partial charge in [-0.15, -0.1) is 4.57 Å². The number of ether oxygens (including phenoxy) is 3. The normalized spacial score (nSPS) is 10.7. The molecule has 0 unspecified atom stereocenters. The van der Waals surface area contributed by atoms with Crippen molar-refractivity contribution in [1.82, 2.24) is 0 Å². The molecule has 0 aliphatic carbocycles. The second kappa shape index (κ2) is 9.77. The van der Waals surface area contributed by atoms with Gasteiger partial charge < -0.3 is 18.6 Å². The number of rotatable bonds is 7. The Bertz CT molecular complexity index is 1400. The molecule has 1 heterocycles. The van der Waals surface area contributed by atoms with Crippen molar-refractivity contribution in [3.05, 3.63) is 103 Å². The topological polar surface area (TPSA) is 44.7 Å². The van der Waals surface area contributed by atoms with Crippen molar-refractivity contribution in [2.45, 2.75) is 0 Å². The SMILES string of the molecule is COc1ccc(-c2oc(-c3ccccc3)[n+](-c3ccc(OC)cc3)c2-c2ccc(OC)cc2)cc1. The van der Waals surface area contributed by atoms with Crippen LogP contribution in [-0.4, -0.2) is 21.3 Å². The monoisotopic (exact) mass is 464 g/mol. The molecule has 35 heavy (non-hydrogen) atoms. The number of aromatic nitrogens is 1. The summed E-state index contributed by atoms with van der Waals surface area (Å²) in [6.45, 7) is 0. The Balaban J connectivity index is 1.82. The molecule has 0 spiro atoms. The molecule has 0 saturated carbocycles. The molecule has 0 aliphatic heterocycles. The summed E-state index contributed by atoms with van der Waals surface area (Å²) in [5, 5.41) is 0. The first-order valence-electron chi connectivity index (χ1n) is 11.3. The van der Waals surface area contributed by atoms with Crippen LogP contribution in [0.4, 0.5) is 0 Å². The third-order valence-corrected chi connectivity index (χ3v) is 5.91. The molecule has 0 fully saturated rings. The molecule has 0 aliphatic rings. The minimum Gasteiger partial charge on any atom is -0.497 e. The van der Waals surface area contributed by atoms with Gasteiger partial charge in [0.15, 0.2) is 0 Å². The quantitative estimate of drug-likeness (QED) is 0.255. The second-order valence-corrected chi connectivity index (χ2v) is 7.94. The minimum absolute atomic E-state index is 0.729. The number of hydrogen-bond acceptors (Lipinski definition) is 4. The van der Waals surface area contributed by atoms with Crippen molar-refractivity contribution in [3.8, 4) is 57.0 Å². The smallest absolute Gasteiger partial charge is 0.387 e. The van der Waals surface area contributed by atoms with Crippen LogP contribution in [0.1, 0.15) is 0 Å². The Hall–Kier alpha value is -4.51. The van der Waals surface area contributed by atoms with E-state index in [1.807, 2.05) is 91.0 Å². The molecule has 0 radical (unpaired) electrons. The van der Waals surface area contributed by atoms with E-state index in [1.54, 1.807) is 21.3 Å². The lowest BCUT2D eigenvalue weighted by Crippen LogP contribution is -2.33. The first kappa shape index (κ1) is 22.3. The van der Waals surface area contributed by atoms with E-state index in [2.05, 4.69) is 16.7 Å². The van der Waals surface area contributed by atoms with E-state index in [0.717, 1.165) is 57.0 Å². The third kappa shape index (κ3) is 4.36. The summed E-state index contributed by atoms with van der Waals surface area (Å²) in [6, 6.07) is 34.0. The minimum atomic E-state index is 0.729. The molecule has 0 N–H and O–H groups in total. The fourth-order valence-corrected chi connectivity index (χ4v) is 4.09. The largest absolute Gasteiger partial charge is 0.497 e. The van der Waals surface area contributed by atoms with Crippen LogP contribution in [0.25, 0.3) is 39.7 Å². The highest BCUT2D eigenvalue weighted by Crippen LogP contribution is 2.37. The van der Waals surface area contributed by atoms with Crippen LogP contribution >= 0.6 is 0 Å². The number of hydrogen-bond donors (Lipinski definition) is 0. The van der Waals surface area contributed by atoms with Gasteiger partial charge in [0.2, 0.25) is 11.4 Å². The van der Waals surface area contributed by atoms with Crippen molar-refractivity contribution >= 4 is 0 Å². The number of methoxy groups -OCH3 is 3. The molecule has 0 amide bonds. The fourth-order valence-electron chi connectivity index (χ4n) is 4.09. The highest BCUT2D eigenvalue weighted by atomic mass is 16.5. The van der Waals surface area contributed by atoms with E-state index in [4.69, 9.17) is 18.6 Å². The molecule has 174 valence electrons. The van der Waals surface area contributed by atoms with Crippen molar-refractivity contribution in [3.63, 3.8) is 0 Å². The van der Waals surface area contributed by atoms with E-state index < -0.39 is 0 Å². The van der Waals surface area contributed by atoms with Crippen LogP contribution in [0.2, 0.25) is 0 Å². The molecular weight excluding hydrogens is 438 g/mol. The average molecular weight is 465 g/mol. The van der Waals surface area contributed by atoms with Crippen molar-refractivity contribution in [1.29, 1.82) is 0 Å². The lowest BCUT2D eigenvalue weighted by Gasteiger charge is -2.05. The number of nitrogens with zero attached hydrogens (tertiary/aromatic N) is 1. The van der Waals surface area contributed by atoms with Gasteiger partial charge in [0.1, 0.15) is 17.2 Å². The molecule has 5 rings (SSSR count). The summed E-state index contributed by atoms with van der Waals surface area (Å²) in [5.41, 5.74) is 4.80. The molecule has 0 atom stereocenters. The molecule has 5 aromatic rings. The Kier molecular flexibility index (Phi) is 6.22. The van der Waals surface area contributed by atoms with E-state index in [9.17, 15) is 0 Å². The molecule has 0 bridgehead atoms. The summed E-state index contributed by atoms with van der Waals surface area (Å²) in [7, 11) is 5.00. The Morgan fingerprint density at radius 2 is 1.00 bits per heavy atom. The number of benzene rings is 4. The third-order valence-electron chi connectivity index (χ3n) is 5.91. The molecular formula is C30H26NO4+. The van der Waals surface area contributed by atoms with Gasteiger partial charge in [0.25, 0.3) is 5.69 Å². The van der Waals surface area contributed by atoms with Crippen LogP contribution in [0.5, 0.6) is 17.2 Å². The van der Waals surface area contributed by atoms with Crippen LogP contribution in [0.3, 0.4) is 0 Å². The van der Waals surface area contributed by atoms with Gasteiger partial charge in [0, 0.05) is 17.7 Å². The van der Waals surface area contributed by atoms with Crippen LogP contribution < -0.4 is 18.8 Å². The van der Waals surface area contributed by atoms with Crippen LogP contribution in [0, 0.1) is 0 Å². The number of oxazole rings is 1. The maximum absolute atomic E-state index is 6.67. The maximum atomic E-state index is 6.67. The van der Waals surface area contributed by atoms with Gasteiger partial charge in [-0.2, -0.15) is 0 Å². The van der Waals surface area contributed by atoms with Crippen molar-refractivity contribution in [2.75, 3.05) is 21.3 Å². The summed E-state index contributed by atoms with van der Waals surface area (Å²) < 4.78 is 25.0. The lowest BCUT2D eigenvalue weighted by molar-refractivity contribution is -0.575. The van der Waals surface area contributed by atoms with Crippen LogP contribution in [0.15, 0.2) is 108 Å². The van der Waals surface area contributed by atoms with E-state index in [-0.39, 0.29) is 0 Å². The average Bonchev–Trinajstić information content (AvgIpc) is 3.34. The van der Waals surface area contributed by atoms with Crippen molar-refractivity contribution < 1.29 is 23.2 Å². The second-order valence-electron chi connectivity index (χ2n) is 7.94. The molecule has 0 saturated heterocycles.